The van der Waals surface area contributed by atoms with Gasteiger partial charge in [0.2, 0.25) is 12.7 Å². The monoisotopic (exact) mass is 386 g/mol. The predicted molar refractivity (Wildman–Crippen MR) is 106 cm³/mol. The summed E-state index contributed by atoms with van der Waals surface area (Å²) in [4.78, 5) is 16.9. The Kier molecular flexibility index (Phi) is 5.08. The number of para-hydroxylation sites is 1. The SMILES string of the molecule is CC(NC(=O)CSC1=Nc2ccccc2CS1)c1ccc2c(c1)OCO2. The van der Waals surface area contributed by atoms with Crippen molar-refractivity contribution in [3.8, 4) is 11.5 Å². The average Bonchev–Trinajstić information content (AvgIpc) is 3.14. The summed E-state index contributed by atoms with van der Waals surface area (Å²) in [7, 11) is 0. The standard InChI is InChI=1S/C19H18N2O3S2/c1-12(13-6-7-16-17(8-13)24-11-23-16)20-18(22)10-26-19-21-15-5-3-2-4-14(15)9-25-19/h2-8,12H,9-11H2,1H3,(H,20,22). The molecule has 2 aromatic rings. The molecule has 1 atom stereocenters. The Bertz CT molecular complexity index is 870. The van der Waals surface area contributed by atoms with Crippen molar-refractivity contribution in [3.05, 3.63) is 53.6 Å². The normalized spacial score (nSPS) is 15.8. The lowest BCUT2D eigenvalue weighted by atomic mass is 10.1. The van der Waals surface area contributed by atoms with Crippen molar-refractivity contribution in [1.82, 2.24) is 5.32 Å². The number of thioether (sulfide) groups is 2. The quantitative estimate of drug-likeness (QED) is 0.851. The summed E-state index contributed by atoms with van der Waals surface area (Å²) in [6.45, 7) is 2.21. The van der Waals surface area contributed by atoms with Crippen LogP contribution in [0.2, 0.25) is 0 Å². The predicted octanol–water partition coefficient (Wildman–Crippen LogP) is 4.26. The smallest absolute Gasteiger partial charge is 0.231 e. The summed E-state index contributed by atoms with van der Waals surface area (Å²) >= 11 is 3.16. The molecular weight excluding hydrogens is 368 g/mol. The molecule has 134 valence electrons. The Labute approximate surface area is 160 Å². The molecule has 0 aromatic heterocycles. The molecule has 2 aliphatic heterocycles. The topological polar surface area (TPSA) is 59.9 Å². The number of rotatable bonds is 4. The molecule has 0 spiro atoms. The molecule has 26 heavy (non-hydrogen) atoms. The van der Waals surface area contributed by atoms with Gasteiger partial charge in [-0.15, -0.1) is 0 Å². The number of hydrogen-bond donors (Lipinski definition) is 1. The van der Waals surface area contributed by atoms with Gasteiger partial charge in [0.25, 0.3) is 0 Å². The van der Waals surface area contributed by atoms with E-state index in [1.807, 2.05) is 43.3 Å². The van der Waals surface area contributed by atoms with E-state index in [9.17, 15) is 4.79 Å². The van der Waals surface area contributed by atoms with Crippen LogP contribution in [-0.4, -0.2) is 22.8 Å². The van der Waals surface area contributed by atoms with E-state index in [4.69, 9.17) is 9.47 Å². The number of fused-ring (bicyclic) bond motifs is 2. The zero-order chi connectivity index (χ0) is 17.9. The molecule has 1 amide bonds. The van der Waals surface area contributed by atoms with Gasteiger partial charge in [0.05, 0.1) is 17.5 Å². The number of benzene rings is 2. The summed E-state index contributed by atoms with van der Waals surface area (Å²) in [6.07, 6.45) is 0. The number of amides is 1. The van der Waals surface area contributed by atoms with E-state index in [0.29, 0.717) is 5.75 Å². The van der Waals surface area contributed by atoms with Crippen molar-refractivity contribution in [3.63, 3.8) is 0 Å². The first-order valence-corrected chi connectivity index (χ1v) is 10.3. The van der Waals surface area contributed by atoms with E-state index in [0.717, 1.165) is 32.9 Å². The molecule has 2 aromatic carbocycles. The summed E-state index contributed by atoms with van der Waals surface area (Å²) in [6, 6.07) is 13.8. The summed E-state index contributed by atoms with van der Waals surface area (Å²) < 4.78 is 11.6. The van der Waals surface area contributed by atoms with Crippen LogP contribution in [-0.2, 0) is 10.5 Å². The van der Waals surface area contributed by atoms with Crippen molar-refractivity contribution in [1.29, 1.82) is 0 Å². The van der Waals surface area contributed by atoms with E-state index in [1.165, 1.54) is 17.3 Å². The van der Waals surface area contributed by atoms with E-state index in [-0.39, 0.29) is 18.7 Å². The first-order valence-electron chi connectivity index (χ1n) is 8.30. The number of carbonyl (C=O) groups is 1. The highest BCUT2D eigenvalue weighted by molar-refractivity contribution is 8.38. The fraction of sp³-hybridized carbons (Fsp3) is 0.263. The molecule has 1 unspecified atom stereocenters. The van der Waals surface area contributed by atoms with Gasteiger partial charge >= 0.3 is 0 Å². The zero-order valence-corrected chi connectivity index (χ0v) is 15.9. The number of aliphatic imine (C=N–C) groups is 1. The highest BCUT2D eigenvalue weighted by Crippen LogP contribution is 2.35. The first-order chi connectivity index (χ1) is 12.7. The van der Waals surface area contributed by atoms with E-state index in [1.54, 1.807) is 11.8 Å². The van der Waals surface area contributed by atoms with Gasteiger partial charge < -0.3 is 14.8 Å². The van der Waals surface area contributed by atoms with Gasteiger partial charge in [0, 0.05) is 5.75 Å². The number of carbonyl (C=O) groups excluding carboxylic acids is 1. The maximum Gasteiger partial charge on any atom is 0.231 e. The Hall–Kier alpha value is -2.12. The maximum absolute atomic E-state index is 12.3. The molecule has 1 N–H and O–H groups in total. The minimum Gasteiger partial charge on any atom is -0.454 e. The van der Waals surface area contributed by atoms with Crippen LogP contribution in [0.5, 0.6) is 11.5 Å². The number of nitrogens with one attached hydrogen (secondary N) is 1. The van der Waals surface area contributed by atoms with Gasteiger partial charge in [-0.2, -0.15) is 0 Å². The Balaban J connectivity index is 1.32. The molecule has 2 aliphatic rings. The minimum absolute atomic E-state index is 0.0117. The number of nitrogens with zero attached hydrogens (tertiary/aromatic N) is 1. The lowest BCUT2D eigenvalue weighted by Gasteiger charge is -2.16. The molecular formula is C19H18N2O3S2. The van der Waals surface area contributed by atoms with Gasteiger partial charge in [0.15, 0.2) is 11.5 Å². The Morgan fingerprint density at radius 1 is 1.27 bits per heavy atom. The fourth-order valence-corrected chi connectivity index (χ4v) is 4.64. The van der Waals surface area contributed by atoms with Gasteiger partial charge in [0.1, 0.15) is 4.38 Å². The summed E-state index contributed by atoms with van der Waals surface area (Å²) in [5.41, 5.74) is 3.23. The second-order valence-corrected chi connectivity index (χ2v) is 8.17. The van der Waals surface area contributed by atoms with Gasteiger partial charge in [-0.3, -0.25) is 4.79 Å². The molecule has 0 saturated heterocycles. The van der Waals surface area contributed by atoms with Crippen molar-refractivity contribution < 1.29 is 14.3 Å². The van der Waals surface area contributed by atoms with Crippen molar-refractivity contribution in [2.45, 2.75) is 18.7 Å². The lowest BCUT2D eigenvalue weighted by Crippen LogP contribution is -2.28. The minimum atomic E-state index is -0.0979. The van der Waals surface area contributed by atoms with E-state index in [2.05, 4.69) is 16.4 Å². The highest BCUT2D eigenvalue weighted by atomic mass is 32.2. The van der Waals surface area contributed by atoms with Gasteiger partial charge in [-0.05, 0) is 36.2 Å². The molecule has 0 aliphatic carbocycles. The summed E-state index contributed by atoms with van der Waals surface area (Å²) in [5, 5.41) is 3.03. The number of hydrogen-bond acceptors (Lipinski definition) is 6. The highest BCUT2D eigenvalue weighted by Gasteiger charge is 2.18. The van der Waals surface area contributed by atoms with Crippen LogP contribution in [0, 0.1) is 0 Å². The van der Waals surface area contributed by atoms with Gasteiger partial charge in [-0.25, -0.2) is 4.99 Å². The van der Waals surface area contributed by atoms with Crippen LogP contribution in [0.15, 0.2) is 47.5 Å². The van der Waals surface area contributed by atoms with Crippen LogP contribution >= 0.6 is 23.5 Å². The molecule has 0 saturated carbocycles. The Morgan fingerprint density at radius 3 is 3.04 bits per heavy atom. The number of ether oxygens (including phenoxy) is 2. The first kappa shape index (κ1) is 17.3. The van der Waals surface area contributed by atoms with Crippen LogP contribution in [0.4, 0.5) is 5.69 Å². The van der Waals surface area contributed by atoms with E-state index >= 15 is 0 Å². The maximum atomic E-state index is 12.3. The third kappa shape index (κ3) is 3.83. The van der Waals surface area contributed by atoms with E-state index < -0.39 is 0 Å². The second-order valence-electron chi connectivity index (χ2n) is 5.99. The van der Waals surface area contributed by atoms with Crippen molar-refractivity contribution in [2.75, 3.05) is 12.5 Å². The third-order valence-corrected chi connectivity index (χ3v) is 6.40. The molecule has 0 bridgehead atoms. The molecule has 4 rings (SSSR count). The molecule has 5 nitrogen and oxygen atoms in total. The summed E-state index contributed by atoms with van der Waals surface area (Å²) in [5.74, 6) is 2.71. The Morgan fingerprint density at radius 2 is 2.12 bits per heavy atom. The lowest BCUT2D eigenvalue weighted by molar-refractivity contribution is -0.119. The fourth-order valence-electron chi connectivity index (χ4n) is 2.76. The molecule has 0 fully saturated rings. The largest absolute Gasteiger partial charge is 0.454 e. The third-order valence-electron chi connectivity index (χ3n) is 4.16. The van der Waals surface area contributed by atoms with Gasteiger partial charge in [-0.1, -0.05) is 47.8 Å². The van der Waals surface area contributed by atoms with Crippen molar-refractivity contribution >= 4 is 39.5 Å². The molecule has 0 radical (unpaired) electrons. The van der Waals surface area contributed by atoms with Crippen LogP contribution < -0.4 is 14.8 Å². The zero-order valence-electron chi connectivity index (χ0n) is 14.2. The van der Waals surface area contributed by atoms with Crippen molar-refractivity contribution in [2.24, 2.45) is 4.99 Å². The van der Waals surface area contributed by atoms with Crippen LogP contribution in [0.3, 0.4) is 0 Å². The van der Waals surface area contributed by atoms with Crippen LogP contribution in [0.25, 0.3) is 0 Å². The van der Waals surface area contributed by atoms with Crippen LogP contribution in [0.1, 0.15) is 24.1 Å². The second kappa shape index (κ2) is 7.63. The average molecular weight is 386 g/mol. The molecule has 2 heterocycles. The molecule has 7 heteroatoms.